The third-order valence-corrected chi connectivity index (χ3v) is 6.10. The van der Waals surface area contributed by atoms with Crippen LogP contribution in [0, 0.1) is 0 Å². The monoisotopic (exact) mass is 474 g/mol. The van der Waals surface area contributed by atoms with Crippen LogP contribution in [0.25, 0.3) is 11.1 Å². The van der Waals surface area contributed by atoms with Gasteiger partial charge in [-0.2, -0.15) is 0 Å². The quantitative estimate of drug-likeness (QED) is 0.515. The van der Waals surface area contributed by atoms with E-state index in [-0.39, 0.29) is 11.8 Å². The highest BCUT2D eigenvalue weighted by molar-refractivity contribution is 5.95. The van der Waals surface area contributed by atoms with E-state index in [4.69, 9.17) is 14.2 Å². The summed E-state index contributed by atoms with van der Waals surface area (Å²) in [6.45, 7) is 3.55. The van der Waals surface area contributed by atoms with Crippen molar-refractivity contribution in [1.82, 2.24) is 9.80 Å². The van der Waals surface area contributed by atoms with Gasteiger partial charge in [0.25, 0.3) is 11.8 Å². The van der Waals surface area contributed by atoms with Crippen LogP contribution in [-0.2, 0) is 4.79 Å². The van der Waals surface area contributed by atoms with E-state index >= 15 is 0 Å². The second kappa shape index (κ2) is 11.0. The maximum atomic E-state index is 13.0. The zero-order chi connectivity index (χ0) is 24.8. The van der Waals surface area contributed by atoms with E-state index in [9.17, 15) is 9.59 Å². The lowest BCUT2D eigenvalue weighted by atomic mass is 10.1. The Kier molecular flexibility index (Phi) is 7.55. The minimum absolute atomic E-state index is 0.0905. The summed E-state index contributed by atoms with van der Waals surface area (Å²) < 4.78 is 16.5. The van der Waals surface area contributed by atoms with Crippen LogP contribution in [0.3, 0.4) is 0 Å². The molecule has 182 valence electrons. The fourth-order valence-corrected chi connectivity index (χ4v) is 4.11. The molecule has 1 heterocycles. The molecule has 3 aromatic carbocycles. The number of carbonyl (C=O) groups is 2. The second-order valence-electron chi connectivity index (χ2n) is 8.37. The maximum Gasteiger partial charge on any atom is 0.263 e. The fourth-order valence-electron chi connectivity index (χ4n) is 4.11. The van der Waals surface area contributed by atoms with E-state index in [1.807, 2.05) is 42.5 Å². The van der Waals surface area contributed by atoms with Crippen molar-refractivity contribution in [3.05, 3.63) is 78.4 Å². The van der Waals surface area contributed by atoms with Gasteiger partial charge in [0.1, 0.15) is 17.2 Å². The Balaban J connectivity index is 1.32. The molecule has 0 aliphatic carbocycles. The number of methoxy groups -OCH3 is 2. The molecule has 1 aliphatic rings. The molecule has 0 aromatic heterocycles. The van der Waals surface area contributed by atoms with Crippen LogP contribution in [-0.4, -0.2) is 68.1 Å². The van der Waals surface area contributed by atoms with Crippen molar-refractivity contribution in [3.63, 3.8) is 0 Å². The van der Waals surface area contributed by atoms with Gasteiger partial charge in [0.2, 0.25) is 0 Å². The molecule has 7 heteroatoms. The summed E-state index contributed by atoms with van der Waals surface area (Å²) in [5, 5.41) is 0. The zero-order valence-corrected chi connectivity index (χ0v) is 20.3. The van der Waals surface area contributed by atoms with Gasteiger partial charge in [-0.1, -0.05) is 42.5 Å². The van der Waals surface area contributed by atoms with Crippen LogP contribution >= 0.6 is 0 Å². The molecule has 3 aromatic rings. The standard InChI is InChI=1S/C28H30N2O5/c1-20(35-24-11-9-22(10-12-24)21-7-5-4-6-8-21)27(31)29-13-15-30(16-14-29)28(32)23-17-25(33-2)19-26(18-23)34-3/h4-12,17-20H,13-16H2,1-3H3. The highest BCUT2D eigenvalue weighted by Gasteiger charge is 2.28. The van der Waals surface area contributed by atoms with Crippen molar-refractivity contribution in [1.29, 1.82) is 0 Å². The number of benzene rings is 3. The van der Waals surface area contributed by atoms with Gasteiger partial charge in [0.05, 0.1) is 14.2 Å². The molecule has 1 fully saturated rings. The van der Waals surface area contributed by atoms with Gasteiger partial charge in [0.15, 0.2) is 6.10 Å². The minimum Gasteiger partial charge on any atom is -0.497 e. The predicted octanol–water partition coefficient (Wildman–Crippen LogP) is 4.12. The summed E-state index contributed by atoms with van der Waals surface area (Å²) in [6, 6.07) is 22.9. The number of piperazine rings is 1. The molecule has 1 atom stereocenters. The Bertz CT molecular complexity index is 1130. The van der Waals surface area contributed by atoms with Crippen molar-refractivity contribution < 1.29 is 23.8 Å². The van der Waals surface area contributed by atoms with Crippen LogP contribution in [0.4, 0.5) is 0 Å². The second-order valence-corrected chi connectivity index (χ2v) is 8.37. The lowest BCUT2D eigenvalue weighted by molar-refractivity contribution is -0.139. The number of hydrogen-bond acceptors (Lipinski definition) is 5. The van der Waals surface area contributed by atoms with Gasteiger partial charge in [0, 0.05) is 37.8 Å². The zero-order valence-electron chi connectivity index (χ0n) is 20.3. The molecule has 0 bridgehead atoms. The average molecular weight is 475 g/mol. The first kappa shape index (κ1) is 24.1. The molecule has 0 saturated carbocycles. The van der Waals surface area contributed by atoms with E-state index < -0.39 is 6.10 Å². The predicted molar refractivity (Wildman–Crippen MR) is 134 cm³/mol. The Hall–Kier alpha value is -4.00. The summed E-state index contributed by atoms with van der Waals surface area (Å²) in [5.74, 6) is 1.56. The number of carbonyl (C=O) groups excluding carboxylic acids is 2. The first-order valence-corrected chi connectivity index (χ1v) is 11.6. The number of rotatable bonds is 7. The number of amides is 2. The molecule has 1 saturated heterocycles. The number of ether oxygens (including phenoxy) is 3. The van der Waals surface area contributed by atoms with Crippen molar-refractivity contribution in [3.8, 4) is 28.4 Å². The summed E-state index contributed by atoms with van der Waals surface area (Å²) in [5.41, 5.74) is 2.71. The van der Waals surface area contributed by atoms with Gasteiger partial charge in [-0.05, 0) is 42.3 Å². The SMILES string of the molecule is COc1cc(OC)cc(C(=O)N2CCN(C(=O)C(C)Oc3ccc(-c4ccccc4)cc3)CC2)c1. The van der Waals surface area contributed by atoms with Gasteiger partial charge in [-0.25, -0.2) is 0 Å². The lowest BCUT2D eigenvalue weighted by Crippen LogP contribution is -2.53. The van der Waals surface area contributed by atoms with E-state index in [0.717, 1.165) is 11.1 Å². The summed E-state index contributed by atoms with van der Waals surface area (Å²) >= 11 is 0. The van der Waals surface area contributed by atoms with Crippen LogP contribution in [0.5, 0.6) is 17.2 Å². The minimum atomic E-state index is -0.623. The molecular weight excluding hydrogens is 444 g/mol. The molecule has 0 radical (unpaired) electrons. The molecular formula is C28H30N2O5. The molecule has 0 spiro atoms. The Labute approximate surface area is 205 Å². The molecule has 4 rings (SSSR count). The van der Waals surface area contributed by atoms with Crippen molar-refractivity contribution in [2.24, 2.45) is 0 Å². The number of nitrogens with zero attached hydrogens (tertiary/aromatic N) is 2. The van der Waals surface area contributed by atoms with Gasteiger partial charge >= 0.3 is 0 Å². The van der Waals surface area contributed by atoms with E-state index in [0.29, 0.717) is 49.0 Å². The van der Waals surface area contributed by atoms with Crippen LogP contribution < -0.4 is 14.2 Å². The van der Waals surface area contributed by atoms with Crippen LogP contribution in [0.1, 0.15) is 17.3 Å². The molecule has 1 unspecified atom stereocenters. The van der Waals surface area contributed by atoms with Crippen LogP contribution in [0.15, 0.2) is 72.8 Å². The first-order valence-electron chi connectivity index (χ1n) is 11.6. The van der Waals surface area contributed by atoms with E-state index in [1.165, 1.54) is 0 Å². The molecule has 2 amide bonds. The third kappa shape index (κ3) is 5.74. The Morgan fingerprint density at radius 1 is 0.714 bits per heavy atom. The third-order valence-electron chi connectivity index (χ3n) is 6.10. The van der Waals surface area contributed by atoms with Gasteiger partial charge in [-0.3, -0.25) is 9.59 Å². The number of hydrogen-bond donors (Lipinski definition) is 0. The average Bonchev–Trinajstić information content (AvgIpc) is 2.92. The topological polar surface area (TPSA) is 68.3 Å². The molecule has 35 heavy (non-hydrogen) atoms. The smallest absolute Gasteiger partial charge is 0.263 e. The van der Waals surface area contributed by atoms with E-state index in [1.54, 1.807) is 49.1 Å². The molecule has 7 nitrogen and oxygen atoms in total. The molecule has 0 N–H and O–H groups in total. The van der Waals surface area contributed by atoms with Gasteiger partial charge < -0.3 is 24.0 Å². The molecule has 1 aliphatic heterocycles. The fraction of sp³-hybridized carbons (Fsp3) is 0.286. The summed E-state index contributed by atoms with van der Waals surface area (Å²) in [4.78, 5) is 29.5. The first-order chi connectivity index (χ1) is 17.0. The highest BCUT2D eigenvalue weighted by Crippen LogP contribution is 2.25. The highest BCUT2D eigenvalue weighted by atomic mass is 16.5. The normalized spacial score (nSPS) is 14.3. The summed E-state index contributed by atoms with van der Waals surface area (Å²) in [7, 11) is 3.10. The Morgan fingerprint density at radius 3 is 1.83 bits per heavy atom. The Morgan fingerprint density at radius 2 is 1.26 bits per heavy atom. The van der Waals surface area contributed by atoms with E-state index in [2.05, 4.69) is 12.1 Å². The van der Waals surface area contributed by atoms with Gasteiger partial charge in [-0.15, -0.1) is 0 Å². The maximum absolute atomic E-state index is 13.0. The van der Waals surface area contributed by atoms with Crippen molar-refractivity contribution in [2.45, 2.75) is 13.0 Å². The largest absolute Gasteiger partial charge is 0.497 e. The van der Waals surface area contributed by atoms with Crippen molar-refractivity contribution in [2.75, 3.05) is 40.4 Å². The lowest BCUT2D eigenvalue weighted by Gasteiger charge is -2.36. The van der Waals surface area contributed by atoms with Crippen molar-refractivity contribution >= 4 is 11.8 Å². The van der Waals surface area contributed by atoms with Crippen LogP contribution in [0.2, 0.25) is 0 Å². The summed E-state index contributed by atoms with van der Waals surface area (Å²) in [6.07, 6.45) is -0.623.